The minimum absolute atomic E-state index is 0. The van der Waals surface area contributed by atoms with Crippen LogP contribution in [0.3, 0.4) is 0 Å². The Labute approximate surface area is 108 Å². The number of carbonyl (C=O) groups excluding carboxylic acids is 2. The maximum Gasteiger partial charge on any atom is 0.308 e. The molecule has 1 aromatic carbocycles. The van der Waals surface area contributed by atoms with E-state index in [-0.39, 0.29) is 19.6 Å². The molecule has 1 rings (SSSR count). The minimum Gasteiger partial charge on any atom is -0.424 e. The monoisotopic (exact) mass is 257 g/mol. The summed E-state index contributed by atoms with van der Waals surface area (Å²) in [4.78, 5) is 21.3. The van der Waals surface area contributed by atoms with Gasteiger partial charge in [-0.15, -0.1) is 0 Å². The third kappa shape index (κ3) is 5.98. The molecule has 4 nitrogen and oxygen atoms in total. The number of nitrogens with one attached hydrogen (secondary N) is 1. The standard InChI is InChI=1S/C11H12FNO3.C2H6.H2/c1-7(14)13-6-9-3-4-11(10(12)5-9)16-8(2)15;1-2;/h3-5H,6H2,1-2H3,(H,13,14);1-2H3;1H. The van der Waals surface area contributed by atoms with Gasteiger partial charge in [0.2, 0.25) is 5.91 Å². The molecule has 0 aliphatic carbocycles. The summed E-state index contributed by atoms with van der Waals surface area (Å²) in [6.45, 7) is 6.82. The second kappa shape index (κ2) is 8.22. The molecule has 5 heteroatoms. The molecule has 0 aromatic heterocycles. The van der Waals surface area contributed by atoms with Crippen LogP contribution in [0.1, 0.15) is 34.7 Å². The summed E-state index contributed by atoms with van der Waals surface area (Å²) >= 11 is 0. The average Bonchev–Trinajstić information content (AvgIpc) is 2.32. The molecular formula is C13H20FNO3. The lowest BCUT2D eigenvalue weighted by molar-refractivity contribution is -0.132. The van der Waals surface area contributed by atoms with E-state index in [4.69, 9.17) is 0 Å². The topological polar surface area (TPSA) is 55.4 Å². The Morgan fingerprint density at radius 3 is 2.39 bits per heavy atom. The lowest BCUT2D eigenvalue weighted by Gasteiger charge is -2.06. The molecule has 0 atom stereocenters. The van der Waals surface area contributed by atoms with Gasteiger partial charge in [-0.05, 0) is 17.7 Å². The Bertz CT molecular complexity index is 424. The molecular weight excluding hydrogens is 237 g/mol. The smallest absolute Gasteiger partial charge is 0.308 e. The Morgan fingerprint density at radius 1 is 1.33 bits per heavy atom. The van der Waals surface area contributed by atoms with Crippen molar-refractivity contribution < 1.29 is 20.1 Å². The number of rotatable bonds is 3. The highest BCUT2D eigenvalue weighted by atomic mass is 19.1. The number of hydrogen-bond donors (Lipinski definition) is 1. The van der Waals surface area contributed by atoms with E-state index in [9.17, 15) is 14.0 Å². The molecule has 1 N–H and O–H groups in total. The fraction of sp³-hybridized carbons (Fsp3) is 0.385. The Kier molecular flexibility index (Phi) is 7.35. The first-order valence-corrected chi connectivity index (χ1v) is 5.70. The van der Waals surface area contributed by atoms with Crippen molar-refractivity contribution in [1.82, 2.24) is 5.32 Å². The van der Waals surface area contributed by atoms with Crippen LogP contribution in [0.25, 0.3) is 0 Å². The van der Waals surface area contributed by atoms with Crippen molar-refractivity contribution in [3.8, 4) is 5.75 Å². The molecule has 0 bridgehead atoms. The van der Waals surface area contributed by atoms with E-state index < -0.39 is 11.8 Å². The largest absolute Gasteiger partial charge is 0.424 e. The van der Waals surface area contributed by atoms with Gasteiger partial charge in [-0.3, -0.25) is 9.59 Å². The van der Waals surface area contributed by atoms with E-state index in [0.29, 0.717) is 5.56 Å². The van der Waals surface area contributed by atoms with Crippen molar-refractivity contribution in [1.29, 1.82) is 0 Å². The van der Waals surface area contributed by atoms with E-state index in [0.717, 1.165) is 0 Å². The third-order valence-electron chi connectivity index (χ3n) is 1.79. The predicted molar refractivity (Wildman–Crippen MR) is 68.7 cm³/mol. The molecule has 1 amide bonds. The van der Waals surface area contributed by atoms with Gasteiger partial charge in [0.05, 0.1) is 0 Å². The number of amides is 1. The molecule has 0 fully saturated rings. The van der Waals surface area contributed by atoms with E-state index in [1.165, 1.54) is 26.0 Å². The Hall–Kier alpha value is -1.91. The van der Waals surface area contributed by atoms with Crippen molar-refractivity contribution in [3.05, 3.63) is 29.6 Å². The van der Waals surface area contributed by atoms with Crippen molar-refractivity contribution in [2.75, 3.05) is 0 Å². The van der Waals surface area contributed by atoms with Gasteiger partial charge in [-0.25, -0.2) is 4.39 Å². The minimum atomic E-state index is -0.627. The highest BCUT2D eigenvalue weighted by Crippen LogP contribution is 2.18. The van der Waals surface area contributed by atoms with Crippen molar-refractivity contribution in [3.63, 3.8) is 0 Å². The van der Waals surface area contributed by atoms with Crippen LogP contribution < -0.4 is 10.1 Å². The van der Waals surface area contributed by atoms with Crippen molar-refractivity contribution in [2.45, 2.75) is 34.2 Å². The first kappa shape index (κ1) is 16.1. The van der Waals surface area contributed by atoms with Gasteiger partial charge in [0.25, 0.3) is 0 Å². The molecule has 1 aromatic rings. The number of carbonyl (C=O) groups is 2. The van der Waals surface area contributed by atoms with Crippen LogP contribution in [-0.4, -0.2) is 11.9 Å². The zero-order valence-corrected chi connectivity index (χ0v) is 11.0. The predicted octanol–water partition coefficient (Wildman–Crippen LogP) is 2.66. The fourth-order valence-corrected chi connectivity index (χ4v) is 1.12. The molecule has 18 heavy (non-hydrogen) atoms. The molecule has 0 aliphatic rings. The van der Waals surface area contributed by atoms with Crippen LogP contribution in [0, 0.1) is 5.82 Å². The number of ether oxygens (including phenoxy) is 1. The molecule has 0 radical (unpaired) electrons. The fourth-order valence-electron chi connectivity index (χ4n) is 1.12. The second-order valence-electron chi connectivity index (χ2n) is 3.27. The quantitative estimate of drug-likeness (QED) is 0.669. The van der Waals surface area contributed by atoms with Gasteiger partial charge in [0.15, 0.2) is 11.6 Å². The van der Waals surface area contributed by atoms with Gasteiger partial charge in [-0.1, -0.05) is 19.9 Å². The maximum atomic E-state index is 13.3. The van der Waals surface area contributed by atoms with Gasteiger partial charge < -0.3 is 10.1 Å². The summed E-state index contributed by atoms with van der Waals surface area (Å²) in [7, 11) is 0. The van der Waals surface area contributed by atoms with Crippen LogP contribution in [0.4, 0.5) is 4.39 Å². The summed E-state index contributed by atoms with van der Waals surface area (Å²) in [5.41, 5.74) is 0.601. The third-order valence-corrected chi connectivity index (χ3v) is 1.79. The van der Waals surface area contributed by atoms with Crippen LogP contribution >= 0.6 is 0 Å². The van der Waals surface area contributed by atoms with Crippen molar-refractivity contribution in [2.24, 2.45) is 0 Å². The summed E-state index contributed by atoms with van der Waals surface area (Å²) in [5.74, 6) is -1.50. The Balaban J connectivity index is 0. The number of hydrogen-bond acceptors (Lipinski definition) is 3. The van der Waals surface area contributed by atoms with Crippen LogP contribution in [-0.2, 0) is 16.1 Å². The first-order valence-electron chi connectivity index (χ1n) is 5.70. The molecule has 0 saturated carbocycles. The van der Waals surface area contributed by atoms with Crippen LogP contribution in [0.5, 0.6) is 5.75 Å². The first-order chi connectivity index (χ1) is 8.49. The maximum absolute atomic E-state index is 13.3. The highest BCUT2D eigenvalue weighted by Gasteiger charge is 2.07. The summed E-state index contributed by atoms with van der Waals surface area (Å²) in [5, 5.41) is 2.54. The number of esters is 1. The number of benzene rings is 1. The van der Waals surface area contributed by atoms with Crippen LogP contribution in [0.2, 0.25) is 0 Å². The van der Waals surface area contributed by atoms with E-state index in [2.05, 4.69) is 10.1 Å². The highest BCUT2D eigenvalue weighted by molar-refractivity contribution is 5.72. The molecule has 102 valence electrons. The van der Waals surface area contributed by atoms with E-state index >= 15 is 0 Å². The molecule has 0 heterocycles. The average molecular weight is 257 g/mol. The summed E-state index contributed by atoms with van der Waals surface area (Å²) in [6, 6.07) is 4.15. The molecule has 0 aliphatic heterocycles. The summed E-state index contributed by atoms with van der Waals surface area (Å²) in [6.07, 6.45) is 0. The summed E-state index contributed by atoms with van der Waals surface area (Å²) < 4.78 is 18.0. The Morgan fingerprint density at radius 2 is 1.94 bits per heavy atom. The van der Waals surface area contributed by atoms with E-state index in [1.807, 2.05) is 13.8 Å². The lowest BCUT2D eigenvalue weighted by atomic mass is 10.2. The number of halogens is 1. The van der Waals surface area contributed by atoms with Crippen LogP contribution in [0.15, 0.2) is 18.2 Å². The molecule has 0 saturated heterocycles. The van der Waals surface area contributed by atoms with Crippen molar-refractivity contribution >= 4 is 11.9 Å². The zero-order chi connectivity index (χ0) is 14.1. The van der Waals surface area contributed by atoms with E-state index in [1.54, 1.807) is 6.07 Å². The van der Waals surface area contributed by atoms with Gasteiger partial charge in [0, 0.05) is 21.8 Å². The zero-order valence-electron chi connectivity index (χ0n) is 11.0. The molecule has 0 unspecified atom stereocenters. The molecule has 0 spiro atoms. The van der Waals surface area contributed by atoms with Gasteiger partial charge in [-0.2, -0.15) is 0 Å². The van der Waals surface area contributed by atoms with Gasteiger partial charge in [0.1, 0.15) is 0 Å². The second-order valence-corrected chi connectivity index (χ2v) is 3.27. The lowest BCUT2D eigenvalue weighted by Crippen LogP contribution is -2.19. The normalized spacial score (nSPS) is 8.94. The SMILES string of the molecule is CC.CC(=O)NCc1ccc(OC(C)=O)c(F)c1.[HH]. The van der Waals surface area contributed by atoms with Gasteiger partial charge >= 0.3 is 5.97 Å².